The first kappa shape index (κ1) is 15.3. The fourth-order valence-corrected chi connectivity index (χ4v) is 2.91. The summed E-state index contributed by atoms with van der Waals surface area (Å²) in [6, 6.07) is 5.90. The number of carboxylic acid groups (broad SMARTS) is 1. The summed E-state index contributed by atoms with van der Waals surface area (Å²) in [6.07, 6.45) is 4.02. The van der Waals surface area contributed by atoms with Gasteiger partial charge >= 0.3 is 5.97 Å². The van der Waals surface area contributed by atoms with E-state index in [-0.39, 0.29) is 5.69 Å². The van der Waals surface area contributed by atoms with Gasteiger partial charge in [-0.15, -0.1) is 0 Å². The van der Waals surface area contributed by atoms with Crippen LogP contribution >= 0.6 is 0 Å². The van der Waals surface area contributed by atoms with Crippen molar-refractivity contribution in [3.8, 4) is 0 Å². The van der Waals surface area contributed by atoms with Crippen molar-refractivity contribution in [2.75, 3.05) is 5.32 Å². The summed E-state index contributed by atoms with van der Waals surface area (Å²) in [5.41, 5.74) is -0.348. The van der Waals surface area contributed by atoms with Gasteiger partial charge in [-0.2, -0.15) is 0 Å². The lowest BCUT2D eigenvalue weighted by atomic mass is 9.75. The molecule has 1 aromatic carbocycles. The standard InChI is InChI=1S/C15H20N2O4/c1-2-11-7-9-15(10-8-11,14(18)19)16-12-3-5-13(6-4-12)17(20)21/h3-6,11,16H,2,7-10H2,1H3,(H,18,19). The number of aliphatic carboxylic acids is 1. The lowest BCUT2D eigenvalue weighted by Gasteiger charge is -2.38. The average molecular weight is 292 g/mol. The average Bonchev–Trinajstić information content (AvgIpc) is 2.48. The Morgan fingerprint density at radius 1 is 1.38 bits per heavy atom. The third-order valence-corrected chi connectivity index (χ3v) is 4.41. The second kappa shape index (κ2) is 6.11. The van der Waals surface area contributed by atoms with E-state index in [1.165, 1.54) is 12.1 Å². The van der Waals surface area contributed by atoms with Crippen LogP contribution in [0.1, 0.15) is 39.0 Å². The Morgan fingerprint density at radius 2 is 1.95 bits per heavy atom. The van der Waals surface area contributed by atoms with E-state index < -0.39 is 16.4 Å². The predicted octanol–water partition coefficient (Wildman–Crippen LogP) is 3.43. The van der Waals surface area contributed by atoms with E-state index in [1.807, 2.05) is 0 Å². The largest absolute Gasteiger partial charge is 0.480 e. The van der Waals surface area contributed by atoms with Gasteiger partial charge in [0.05, 0.1) is 4.92 Å². The Bertz CT molecular complexity index is 519. The molecule has 1 aromatic rings. The fraction of sp³-hybridized carbons (Fsp3) is 0.533. The molecule has 0 atom stereocenters. The molecule has 0 heterocycles. The summed E-state index contributed by atoms with van der Waals surface area (Å²) < 4.78 is 0. The van der Waals surface area contributed by atoms with E-state index in [2.05, 4.69) is 12.2 Å². The van der Waals surface area contributed by atoms with Gasteiger partial charge in [0.2, 0.25) is 0 Å². The van der Waals surface area contributed by atoms with Gasteiger partial charge in [-0.05, 0) is 43.7 Å². The van der Waals surface area contributed by atoms with Crippen molar-refractivity contribution in [2.24, 2.45) is 5.92 Å². The zero-order valence-electron chi connectivity index (χ0n) is 12.0. The van der Waals surface area contributed by atoms with Gasteiger partial charge in [-0.3, -0.25) is 10.1 Å². The maximum Gasteiger partial charge on any atom is 0.329 e. The number of non-ortho nitro benzene ring substituents is 1. The molecule has 21 heavy (non-hydrogen) atoms. The maximum absolute atomic E-state index is 11.7. The second-order valence-corrected chi connectivity index (χ2v) is 5.67. The summed E-state index contributed by atoms with van der Waals surface area (Å²) in [6.45, 7) is 2.13. The van der Waals surface area contributed by atoms with E-state index in [0.29, 0.717) is 24.4 Å². The Balaban J connectivity index is 2.13. The molecule has 114 valence electrons. The zero-order valence-corrected chi connectivity index (χ0v) is 12.0. The monoisotopic (exact) mass is 292 g/mol. The van der Waals surface area contributed by atoms with E-state index in [9.17, 15) is 20.0 Å². The quantitative estimate of drug-likeness (QED) is 0.640. The smallest absolute Gasteiger partial charge is 0.329 e. The number of nitro benzene ring substituents is 1. The van der Waals surface area contributed by atoms with Crippen LogP contribution in [0.25, 0.3) is 0 Å². The van der Waals surface area contributed by atoms with E-state index >= 15 is 0 Å². The Hall–Kier alpha value is -2.11. The molecule has 0 saturated heterocycles. The Kier molecular flexibility index (Phi) is 4.45. The second-order valence-electron chi connectivity index (χ2n) is 5.67. The highest BCUT2D eigenvalue weighted by Crippen LogP contribution is 2.36. The highest BCUT2D eigenvalue weighted by molar-refractivity contribution is 5.83. The molecule has 0 bridgehead atoms. The fourth-order valence-electron chi connectivity index (χ4n) is 2.91. The van der Waals surface area contributed by atoms with Gasteiger partial charge in [0.15, 0.2) is 0 Å². The Labute approximate surface area is 123 Å². The van der Waals surface area contributed by atoms with Crippen molar-refractivity contribution >= 4 is 17.3 Å². The molecular weight excluding hydrogens is 272 g/mol. The summed E-state index contributed by atoms with van der Waals surface area (Å²) in [5.74, 6) is -0.258. The molecule has 1 aliphatic rings. The van der Waals surface area contributed by atoms with Gasteiger partial charge in [-0.1, -0.05) is 13.3 Å². The van der Waals surface area contributed by atoms with Crippen molar-refractivity contribution < 1.29 is 14.8 Å². The molecule has 1 aliphatic carbocycles. The highest BCUT2D eigenvalue weighted by Gasteiger charge is 2.41. The van der Waals surface area contributed by atoms with Crippen LogP contribution < -0.4 is 5.32 Å². The molecule has 6 heteroatoms. The summed E-state index contributed by atoms with van der Waals surface area (Å²) >= 11 is 0. The van der Waals surface area contributed by atoms with Crippen molar-refractivity contribution in [3.05, 3.63) is 34.4 Å². The van der Waals surface area contributed by atoms with Crippen LogP contribution in [0, 0.1) is 16.0 Å². The van der Waals surface area contributed by atoms with E-state index in [1.54, 1.807) is 12.1 Å². The SMILES string of the molecule is CCC1CCC(Nc2ccc([N+](=O)[O-])cc2)(C(=O)O)CC1. The number of nitrogens with zero attached hydrogens (tertiary/aromatic N) is 1. The molecule has 2 rings (SSSR count). The molecule has 0 amide bonds. The molecule has 0 radical (unpaired) electrons. The first-order valence-electron chi connectivity index (χ1n) is 7.23. The first-order chi connectivity index (χ1) is 9.97. The van der Waals surface area contributed by atoms with Gasteiger partial charge in [0.1, 0.15) is 5.54 Å². The molecular formula is C15H20N2O4. The molecule has 0 spiro atoms. The van der Waals surface area contributed by atoms with Gasteiger partial charge in [0.25, 0.3) is 5.69 Å². The minimum Gasteiger partial charge on any atom is -0.480 e. The molecule has 0 aromatic heterocycles. The third kappa shape index (κ3) is 3.32. The van der Waals surface area contributed by atoms with Gasteiger partial charge < -0.3 is 10.4 Å². The zero-order chi connectivity index (χ0) is 15.5. The van der Waals surface area contributed by atoms with Crippen LogP contribution in [0.5, 0.6) is 0 Å². The number of anilines is 1. The summed E-state index contributed by atoms with van der Waals surface area (Å²) in [5, 5.41) is 23.3. The summed E-state index contributed by atoms with van der Waals surface area (Å²) in [7, 11) is 0. The van der Waals surface area contributed by atoms with Crippen LogP contribution in [0.2, 0.25) is 0 Å². The molecule has 0 aliphatic heterocycles. The minimum absolute atomic E-state index is 0.000355. The van der Waals surface area contributed by atoms with Crippen molar-refractivity contribution in [2.45, 2.75) is 44.6 Å². The molecule has 2 N–H and O–H groups in total. The lowest BCUT2D eigenvalue weighted by Crippen LogP contribution is -2.49. The maximum atomic E-state index is 11.7. The van der Waals surface area contributed by atoms with Crippen LogP contribution in [-0.2, 0) is 4.79 Å². The van der Waals surface area contributed by atoms with Crippen molar-refractivity contribution in [1.82, 2.24) is 0 Å². The normalized spacial score (nSPS) is 25.3. The first-order valence-corrected chi connectivity index (χ1v) is 7.23. The van der Waals surface area contributed by atoms with Crippen molar-refractivity contribution in [1.29, 1.82) is 0 Å². The highest BCUT2D eigenvalue weighted by atomic mass is 16.6. The number of nitro groups is 1. The number of benzene rings is 1. The van der Waals surface area contributed by atoms with Crippen molar-refractivity contribution in [3.63, 3.8) is 0 Å². The number of hydrogen-bond donors (Lipinski definition) is 2. The lowest BCUT2D eigenvalue weighted by molar-refractivity contribution is -0.384. The predicted molar refractivity (Wildman–Crippen MR) is 79.3 cm³/mol. The van der Waals surface area contributed by atoms with Crippen LogP contribution in [0.15, 0.2) is 24.3 Å². The third-order valence-electron chi connectivity index (χ3n) is 4.41. The number of nitrogens with one attached hydrogen (secondary N) is 1. The number of carboxylic acids is 1. The molecule has 1 saturated carbocycles. The van der Waals surface area contributed by atoms with E-state index in [0.717, 1.165) is 19.3 Å². The number of rotatable bonds is 5. The Morgan fingerprint density at radius 3 is 2.38 bits per heavy atom. The van der Waals surface area contributed by atoms with Crippen LogP contribution in [0.4, 0.5) is 11.4 Å². The number of carbonyl (C=O) groups is 1. The molecule has 0 unspecified atom stereocenters. The topological polar surface area (TPSA) is 92.5 Å². The number of hydrogen-bond acceptors (Lipinski definition) is 4. The van der Waals surface area contributed by atoms with E-state index in [4.69, 9.17) is 0 Å². The van der Waals surface area contributed by atoms with Crippen LogP contribution in [-0.4, -0.2) is 21.5 Å². The van der Waals surface area contributed by atoms with Crippen LogP contribution in [0.3, 0.4) is 0 Å². The van der Waals surface area contributed by atoms with Gasteiger partial charge in [0, 0.05) is 17.8 Å². The molecule has 1 fully saturated rings. The van der Waals surface area contributed by atoms with Gasteiger partial charge in [-0.25, -0.2) is 4.79 Å². The molecule has 6 nitrogen and oxygen atoms in total. The minimum atomic E-state index is -0.957. The summed E-state index contributed by atoms with van der Waals surface area (Å²) in [4.78, 5) is 21.8.